The third-order valence-electron chi connectivity index (χ3n) is 6.18. The number of nitrogens with one attached hydrogen (secondary N) is 4. The quantitative estimate of drug-likeness (QED) is 0.126. The van der Waals surface area contributed by atoms with Gasteiger partial charge in [-0.3, -0.25) is 19.2 Å². The first kappa shape index (κ1) is 29.8. The van der Waals surface area contributed by atoms with Crippen molar-refractivity contribution in [2.75, 3.05) is 6.61 Å². The van der Waals surface area contributed by atoms with E-state index in [4.69, 9.17) is 10.8 Å². The average Bonchev–Trinajstić information content (AvgIpc) is 3.33. The summed E-state index contributed by atoms with van der Waals surface area (Å²) in [6.07, 6.45) is 1.05. The van der Waals surface area contributed by atoms with E-state index in [1.54, 1.807) is 36.5 Å². The van der Waals surface area contributed by atoms with Crippen molar-refractivity contribution in [1.82, 2.24) is 20.9 Å². The first-order valence-electron chi connectivity index (χ1n) is 12.4. The third-order valence-corrected chi connectivity index (χ3v) is 6.18. The molecule has 13 nitrogen and oxygen atoms in total. The molecule has 1 aromatic heterocycles. The van der Waals surface area contributed by atoms with Crippen LogP contribution in [0.5, 0.6) is 0 Å². The molecule has 0 aliphatic heterocycles. The zero-order chi connectivity index (χ0) is 29.2. The van der Waals surface area contributed by atoms with Crippen molar-refractivity contribution in [3.8, 4) is 0 Å². The van der Waals surface area contributed by atoms with Gasteiger partial charge in [-0.1, -0.05) is 48.5 Å². The predicted molar refractivity (Wildman–Crippen MR) is 143 cm³/mol. The van der Waals surface area contributed by atoms with Crippen LogP contribution in [0.3, 0.4) is 0 Å². The van der Waals surface area contributed by atoms with E-state index in [1.165, 1.54) is 0 Å². The van der Waals surface area contributed by atoms with Gasteiger partial charge in [-0.2, -0.15) is 0 Å². The molecule has 0 saturated carbocycles. The van der Waals surface area contributed by atoms with Gasteiger partial charge in [0, 0.05) is 23.5 Å². The lowest BCUT2D eigenvalue weighted by molar-refractivity contribution is -0.147. The largest absolute Gasteiger partial charge is 0.481 e. The van der Waals surface area contributed by atoms with Gasteiger partial charge in [0.25, 0.3) is 0 Å². The van der Waals surface area contributed by atoms with Crippen LogP contribution in [0.1, 0.15) is 17.5 Å². The van der Waals surface area contributed by atoms with Gasteiger partial charge in [-0.25, -0.2) is 4.79 Å². The number of aliphatic hydroxyl groups excluding tert-OH is 1. The minimum Gasteiger partial charge on any atom is -0.481 e. The molecule has 212 valence electrons. The second kappa shape index (κ2) is 13.9. The summed E-state index contributed by atoms with van der Waals surface area (Å²) in [4.78, 5) is 64.1. The van der Waals surface area contributed by atoms with E-state index in [9.17, 15) is 34.2 Å². The van der Waals surface area contributed by atoms with Crippen molar-refractivity contribution in [3.05, 3.63) is 71.9 Å². The third kappa shape index (κ3) is 8.12. The van der Waals surface area contributed by atoms with Gasteiger partial charge in [-0.15, -0.1) is 0 Å². The molecule has 13 heteroatoms. The number of carbonyl (C=O) groups is 5. The highest BCUT2D eigenvalue weighted by Crippen LogP contribution is 2.19. The Kier molecular flexibility index (Phi) is 10.3. The molecule has 4 unspecified atom stereocenters. The number of aliphatic hydroxyl groups is 1. The topological polar surface area (TPSA) is 224 Å². The highest BCUT2D eigenvalue weighted by Gasteiger charge is 2.31. The minimum atomic E-state index is -1.78. The zero-order valence-electron chi connectivity index (χ0n) is 21.4. The normalized spacial score (nSPS) is 13.9. The summed E-state index contributed by atoms with van der Waals surface area (Å²) in [5.74, 6) is -5.64. The zero-order valence-corrected chi connectivity index (χ0v) is 21.4. The van der Waals surface area contributed by atoms with E-state index in [1.807, 2.05) is 29.6 Å². The number of aromatic amines is 1. The second-order valence-electron chi connectivity index (χ2n) is 9.16. The Morgan fingerprint density at radius 3 is 2.02 bits per heavy atom. The molecule has 0 saturated heterocycles. The maximum Gasteiger partial charge on any atom is 0.326 e. The van der Waals surface area contributed by atoms with Crippen LogP contribution in [-0.2, 0) is 36.8 Å². The molecule has 40 heavy (non-hydrogen) atoms. The molecule has 0 aliphatic carbocycles. The summed E-state index contributed by atoms with van der Waals surface area (Å²) >= 11 is 0. The van der Waals surface area contributed by atoms with Gasteiger partial charge in [-0.05, 0) is 23.6 Å². The van der Waals surface area contributed by atoms with Crippen molar-refractivity contribution in [2.45, 2.75) is 43.4 Å². The number of para-hydroxylation sites is 1. The van der Waals surface area contributed by atoms with Gasteiger partial charge in [0.15, 0.2) is 0 Å². The van der Waals surface area contributed by atoms with Crippen LogP contribution in [0, 0.1) is 0 Å². The van der Waals surface area contributed by atoms with Gasteiger partial charge in [0.2, 0.25) is 17.7 Å². The molecule has 1 heterocycles. The van der Waals surface area contributed by atoms with Crippen molar-refractivity contribution in [1.29, 1.82) is 0 Å². The van der Waals surface area contributed by atoms with E-state index < -0.39 is 66.9 Å². The highest BCUT2D eigenvalue weighted by atomic mass is 16.4. The fourth-order valence-electron chi connectivity index (χ4n) is 4.08. The number of amides is 3. The second-order valence-corrected chi connectivity index (χ2v) is 9.16. The van der Waals surface area contributed by atoms with E-state index >= 15 is 0 Å². The van der Waals surface area contributed by atoms with Crippen molar-refractivity contribution < 1.29 is 39.3 Å². The van der Waals surface area contributed by atoms with E-state index in [0.717, 1.165) is 16.5 Å². The number of H-pyrrole nitrogens is 1. The summed E-state index contributed by atoms with van der Waals surface area (Å²) in [7, 11) is 0. The Morgan fingerprint density at radius 2 is 1.38 bits per heavy atom. The molecule has 0 spiro atoms. The summed E-state index contributed by atoms with van der Waals surface area (Å²) < 4.78 is 0. The van der Waals surface area contributed by atoms with E-state index in [-0.39, 0.29) is 12.8 Å². The number of aliphatic carboxylic acids is 2. The Labute approximate surface area is 228 Å². The Hall–Kier alpha value is -4.75. The monoisotopic (exact) mass is 553 g/mol. The van der Waals surface area contributed by atoms with Crippen LogP contribution in [0.2, 0.25) is 0 Å². The van der Waals surface area contributed by atoms with Crippen LogP contribution in [0.15, 0.2) is 60.8 Å². The van der Waals surface area contributed by atoms with Crippen molar-refractivity contribution in [3.63, 3.8) is 0 Å². The molecule has 0 fully saturated rings. The van der Waals surface area contributed by atoms with Crippen LogP contribution >= 0.6 is 0 Å². The summed E-state index contributed by atoms with van der Waals surface area (Å²) in [6, 6.07) is 10.6. The molecule has 9 N–H and O–H groups in total. The Bertz CT molecular complexity index is 1360. The van der Waals surface area contributed by atoms with E-state index in [2.05, 4.69) is 15.6 Å². The number of carboxylic acid groups (broad SMARTS) is 2. The molecule has 0 radical (unpaired) electrons. The Balaban J connectivity index is 1.72. The molecule has 0 bridgehead atoms. The summed E-state index contributed by atoms with van der Waals surface area (Å²) in [5, 5.41) is 35.5. The molecule has 0 aliphatic rings. The maximum absolute atomic E-state index is 13.2. The van der Waals surface area contributed by atoms with Gasteiger partial charge in [0.05, 0.1) is 19.1 Å². The standard InChI is InChI=1S/C27H31N5O8/c28-18(11-16-13-29-19-9-5-4-8-17(16)19)24(36)30-20(10-15-6-2-1-3-7-15)25(37)32-22(14-33)26(38)31-21(27(39)40)12-23(34)35/h1-9,13,18,20-22,29,33H,10-12,14,28H2,(H,30,36)(H,31,38)(H,32,37)(H,34,35)(H,39,40). The first-order chi connectivity index (χ1) is 19.1. The van der Waals surface area contributed by atoms with Crippen molar-refractivity contribution >= 4 is 40.6 Å². The van der Waals surface area contributed by atoms with Crippen LogP contribution in [0.4, 0.5) is 0 Å². The number of nitrogens with two attached hydrogens (primary N) is 1. The smallest absolute Gasteiger partial charge is 0.326 e. The number of rotatable bonds is 14. The molecule has 2 aromatic carbocycles. The maximum atomic E-state index is 13.2. The number of fused-ring (bicyclic) bond motifs is 1. The number of hydrogen-bond donors (Lipinski definition) is 8. The van der Waals surface area contributed by atoms with Gasteiger partial charge in [0.1, 0.15) is 18.1 Å². The number of hydrogen-bond acceptors (Lipinski definition) is 7. The minimum absolute atomic E-state index is 0.0226. The lowest BCUT2D eigenvalue weighted by atomic mass is 10.0. The van der Waals surface area contributed by atoms with Crippen molar-refractivity contribution in [2.24, 2.45) is 5.73 Å². The number of aromatic nitrogens is 1. The molecule has 4 atom stereocenters. The highest BCUT2D eigenvalue weighted by molar-refractivity contribution is 5.95. The molecule has 3 amide bonds. The summed E-state index contributed by atoms with van der Waals surface area (Å²) in [5.41, 5.74) is 8.56. The van der Waals surface area contributed by atoms with Crippen LogP contribution < -0.4 is 21.7 Å². The van der Waals surface area contributed by atoms with Crippen LogP contribution in [-0.4, -0.2) is 80.7 Å². The van der Waals surface area contributed by atoms with Crippen LogP contribution in [0.25, 0.3) is 10.9 Å². The number of benzene rings is 2. The fourth-order valence-corrected chi connectivity index (χ4v) is 4.08. The van der Waals surface area contributed by atoms with E-state index in [0.29, 0.717) is 5.56 Å². The molecule has 3 aromatic rings. The lowest BCUT2D eigenvalue weighted by Crippen LogP contribution is -2.58. The SMILES string of the molecule is NC(Cc1c[nH]c2ccccc12)C(=O)NC(Cc1ccccc1)C(=O)NC(CO)C(=O)NC(CC(=O)O)C(=O)O. The first-order valence-corrected chi connectivity index (χ1v) is 12.4. The summed E-state index contributed by atoms with van der Waals surface area (Å²) in [6.45, 7) is -0.914. The predicted octanol–water partition coefficient (Wildman–Crippen LogP) is -0.714. The van der Waals surface area contributed by atoms with Gasteiger partial charge >= 0.3 is 11.9 Å². The van der Waals surface area contributed by atoms with Gasteiger partial charge < -0.3 is 42.0 Å². The molecular weight excluding hydrogens is 522 g/mol. The Morgan fingerprint density at radius 1 is 0.775 bits per heavy atom. The fraction of sp³-hybridized carbons (Fsp3) is 0.296. The molecule has 3 rings (SSSR count). The lowest BCUT2D eigenvalue weighted by Gasteiger charge is -2.24. The number of carboxylic acids is 2. The number of carbonyl (C=O) groups excluding carboxylic acids is 3. The molecular formula is C27H31N5O8. The average molecular weight is 554 g/mol.